The van der Waals surface area contributed by atoms with Gasteiger partial charge >= 0.3 is 0 Å². The number of nitrogens with zero attached hydrogens (tertiary/aromatic N) is 2. The van der Waals surface area contributed by atoms with Gasteiger partial charge in [-0.05, 0) is 36.4 Å². The molecule has 0 bridgehead atoms. The molecule has 0 radical (unpaired) electrons. The van der Waals surface area contributed by atoms with E-state index in [1.165, 1.54) is 22.6 Å². The molecule has 1 aliphatic heterocycles. The Bertz CT molecular complexity index is 671. The third-order valence-corrected chi connectivity index (χ3v) is 5.08. The van der Waals surface area contributed by atoms with Crippen LogP contribution in [0.15, 0.2) is 35.7 Å². The van der Waals surface area contributed by atoms with E-state index in [4.69, 9.17) is 4.74 Å². The van der Waals surface area contributed by atoms with Crippen LogP contribution in [-0.4, -0.2) is 29.5 Å². The quantitative estimate of drug-likeness (QED) is 0.623. The van der Waals surface area contributed by atoms with Crippen molar-refractivity contribution in [2.24, 2.45) is 0 Å². The molecule has 0 amide bonds. The fourth-order valence-corrected chi connectivity index (χ4v) is 3.80. The Morgan fingerprint density at radius 3 is 3.14 bits per heavy atom. The first-order valence-electron chi connectivity index (χ1n) is 7.32. The molecular formula is C16H18N2O3S. The minimum atomic E-state index is -0.405. The van der Waals surface area contributed by atoms with Gasteiger partial charge < -0.3 is 4.74 Å². The van der Waals surface area contributed by atoms with Gasteiger partial charge in [-0.3, -0.25) is 15.0 Å². The van der Waals surface area contributed by atoms with Gasteiger partial charge in [-0.15, -0.1) is 11.3 Å². The molecule has 0 unspecified atom stereocenters. The van der Waals surface area contributed by atoms with Crippen LogP contribution in [0.4, 0.5) is 5.69 Å². The second-order valence-electron chi connectivity index (χ2n) is 5.36. The SMILES string of the molecule is C[C@@H]1c2ccsc2CCN1CCOc1cccc([N+](=O)[O-])c1. The maximum Gasteiger partial charge on any atom is 0.273 e. The Labute approximate surface area is 133 Å². The van der Waals surface area contributed by atoms with Crippen molar-refractivity contribution in [3.63, 3.8) is 0 Å². The molecule has 116 valence electrons. The Hall–Kier alpha value is -1.92. The molecule has 0 aliphatic carbocycles. The summed E-state index contributed by atoms with van der Waals surface area (Å²) in [4.78, 5) is 14.2. The van der Waals surface area contributed by atoms with Crippen LogP contribution < -0.4 is 4.74 Å². The van der Waals surface area contributed by atoms with E-state index in [9.17, 15) is 10.1 Å². The van der Waals surface area contributed by atoms with E-state index < -0.39 is 4.92 Å². The van der Waals surface area contributed by atoms with E-state index in [2.05, 4.69) is 23.3 Å². The Morgan fingerprint density at radius 1 is 1.45 bits per heavy atom. The summed E-state index contributed by atoms with van der Waals surface area (Å²) in [6.45, 7) is 4.61. The first-order chi connectivity index (χ1) is 10.6. The summed E-state index contributed by atoms with van der Waals surface area (Å²) in [5, 5.41) is 12.9. The summed E-state index contributed by atoms with van der Waals surface area (Å²) in [5.41, 5.74) is 1.48. The number of ether oxygens (including phenoxy) is 1. The molecule has 0 saturated carbocycles. The third kappa shape index (κ3) is 3.13. The fraction of sp³-hybridized carbons (Fsp3) is 0.375. The lowest BCUT2D eigenvalue weighted by Crippen LogP contribution is -2.36. The molecule has 1 atom stereocenters. The van der Waals surface area contributed by atoms with Gasteiger partial charge in [0.1, 0.15) is 12.4 Å². The van der Waals surface area contributed by atoms with Crippen molar-refractivity contribution < 1.29 is 9.66 Å². The molecule has 1 aliphatic rings. The summed E-state index contributed by atoms with van der Waals surface area (Å²) >= 11 is 1.83. The van der Waals surface area contributed by atoms with Crippen LogP contribution in [0.2, 0.25) is 0 Å². The van der Waals surface area contributed by atoms with Crippen LogP contribution in [0, 0.1) is 10.1 Å². The molecule has 0 spiro atoms. The Kier molecular flexibility index (Phi) is 4.40. The maximum atomic E-state index is 10.8. The average Bonchev–Trinajstić information content (AvgIpc) is 2.99. The lowest BCUT2D eigenvalue weighted by Gasteiger charge is -2.33. The van der Waals surface area contributed by atoms with Crippen LogP contribution in [0.25, 0.3) is 0 Å². The summed E-state index contributed by atoms with van der Waals surface area (Å²) in [7, 11) is 0. The van der Waals surface area contributed by atoms with Gasteiger partial charge in [0, 0.05) is 30.1 Å². The van der Waals surface area contributed by atoms with Crippen LogP contribution in [0.5, 0.6) is 5.75 Å². The van der Waals surface area contributed by atoms with Gasteiger partial charge in [-0.1, -0.05) is 6.07 Å². The van der Waals surface area contributed by atoms with E-state index in [1.807, 2.05) is 11.3 Å². The van der Waals surface area contributed by atoms with E-state index in [0.717, 1.165) is 19.5 Å². The van der Waals surface area contributed by atoms with Crippen molar-refractivity contribution in [2.45, 2.75) is 19.4 Å². The maximum absolute atomic E-state index is 10.8. The van der Waals surface area contributed by atoms with Gasteiger partial charge in [-0.2, -0.15) is 0 Å². The third-order valence-electron chi connectivity index (χ3n) is 4.08. The number of rotatable bonds is 5. The molecule has 22 heavy (non-hydrogen) atoms. The molecule has 0 saturated heterocycles. The summed E-state index contributed by atoms with van der Waals surface area (Å²) in [6.07, 6.45) is 1.09. The van der Waals surface area contributed by atoms with Crippen LogP contribution in [0.3, 0.4) is 0 Å². The molecular weight excluding hydrogens is 300 g/mol. The number of thiophene rings is 1. The lowest BCUT2D eigenvalue weighted by molar-refractivity contribution is -0.384. The van der Waals surface area contributed by atoms with E-state index >= 15 is 0 Å². The van der Waals surface area contributed by atoms with Crippen molar-refractivity contribution in [1.82, 2.24) is 4.90 Å². The largest absolute Gasteiger partial charge is 0.492 e. The minimum absolute atomic E-state index is 0.0618. The zero-order valence-corrected chi connectivity index (χ0v) is 13.2. The normalized spacial score (nSPS) is 18.0. The summed E-state index contributed by atoms with van der Waals surface area (Å²) in [6, 6.07) is 8.95. The Balaban J connectivity index is 1.56. The van der Waals surface area contributed by atoms with E-state index in [1.54, 1.807) is 12.1 Å². The van der Waals surface area contributed by atoms with Crippen molar-refractivity contribution >= 4 is 17.0 Å². The summed E-state index contributed by atoms with van der Waals surface area (Å²) in [5.74, 6) is 0.551. The number of hydrogen-bond donors (Lipinski definition) is 0. The number of hydrogen-bond acceptors (Lipinski definition) is 5. The Morgan fingerprint density at radius 2 is 2.32 bits per heavy atom. The monoisotopic (exact) mass is 318 g/mol. The van der Waals surface area contributed by atoms with Gasteiger partial charge in [0.2, 0.25) is 0 Å². The van der Waals surface area contributed by atoms with Gasteiger partial charge in [-0.25, -0.2) is 0 Å². The zero-order valence-electron chi connectivity index (χ0n) is 12.4. The van der Waals surface area contributed by atoms with Crippen molar-refractivity contribution in [1.29, 1.82) is 0 Å². The highest BCUT2D eigenvalue weighted by Gasteiger charge is 2.24. The minimum Gasteiger partial charge on any atom is -0.492 e. The first kappa shape index (κ1) is 15.0. The van der Waals surface area contributed by atoms with Crippen LogP contribution in [0.1, 0.15) is 23.4 Å². The van der Waals surface area contributed by atoms with Crippen molar-refractivity contribution in [2.75, 3.05) is 19.7 Å². The van der Waals surface area contributed by atoms with Gasteiger partial charge in [0.25, 0.3) is 5.69 Å². The molecule has 1 aromatic carbocycles. The molecule has 5 nitrogen and oxygen atoms in total. The number of fused-ring (bicyclic) bond motifs is 1. The smallest absolute Gasteiger partial charge is 0.273 e. The first-order valence-corrected chi connectivity index (χ1v) is 8.20. The highest BCUT2D eigenvalue weighted by atomic mass is 32.1. The fourth-order valence-electron chi connectivity index (χ4n) is 2.83. The van der Waals surface area contributed by atoms with Crippen molar-refractivity contribution in [3.05, 3.63) is 56.3 Å². The second kappa shape index (κ2) is 6.46. The second-order valence-corrected chi connectivity index (χ2v) is 6.36. The van der Waals surface area contributed by atoms with Gasteiger partial charge in [0.05, 0.1) is 11.0 Å². The molecule has 0 N–H and O–H groups in total. The topological polar surface area (TPSA) is 55.6 Å². The molecule has 6 heteroatoms. The highest BCUT2D eigenvalue weighted by molar-refractivity contribution is 7.10. The van der Waals surface area contributed by atoms with Gasteiger partial charge in [0.15, 0.2) is 0 Å². The molecule has 2 aromatic rings. The summed E-state index contributed by atoms with van der Waals surface area (Å²) < 4.78 is 5.67. The van der Waals surface area contributed by atoms with Crippen LogP contribution >= 0.6 is 11.3 Å². The number of benzene rings is 1. The highest BCUT2D eigenvalue weighted by Crippen LogP contribution is 2.32. The van der Waals surface area contributed by atoms with Crippen LogP contribution in [-0.2, 0) is 6.42 Å². The standard InChI is InChI=1S/C16H18N2O3S/c1-12-15-6-10-22-16(15)5-7-17(12)8-9-21-14-4-2-3-13(11-14)18(19)20/h2-4,6,10-12H,5,7-9H2,1H3/t12-/m1/s1. The number of nitro benzene ring substituents is 1. The molecule has 3 rings (SSSR count). The predicted molar refractivity (Wildman–Crippen MR) is 86.6 cm³/mol. The van der Waals surface area contributed by atoms with Crippen molar-refractivity contribution in [3.8, 4) is 5.75 Å². The average molecular weight is 318 g/mol. The lowest BCUT2D eigenvalue weighted by atomic mass is 10.0. The van der Waals surface area contributed by atoms with E-state index in [0.29, 0.717) is 18.4 Å². The number of nitro groups is 1. The predicted octanol–water partition coefficient (Wildman–Crippen LogP) is 3.65. The molecule has 2 heterocycles. The molecule has 1 aromatic heterocycles. The molecule has 0 fully saturated rings. The zero-order chi connectivity index (χ0) is 15.5. The van der Waals surface area contributed by atoms with E-state index in [-0.39, 0.29) is 5.69 Å². The number of non-ortho nitro benzene ring substituents is 1.